The van der Waals surface area contributed by atoms with Crippen molar-refractivity contribution in [3.8, 4) is 5.75 Å². The lowest BCUT2D eigenvalue weighted by Gasteiger charge is -2.51. The number of carbonyl (C=O) groups is 3. The van der Waals surface area contributed by atoms with E-state index >= 15 is 0 Å². The Morgan fingerprint density at radius 3 is 2.67 bits per heavy atom. The van der Waals surface area contributed by atoms with Crippen molar-refractivity contribution in [2.75, 3.05) is 18.8 Å². The molecule has 1 aromatic rings. The van der Waals surface area contributed by atoms with Gasteiger partial charge in [-0.3, -0.25) is 14.5 Å². The topological polar surface area (TPSA) is 96.4 Å². The van der Waals surface area contributed by atoms with Crippen molar-refractivity contribution >= 4 is 41.3 Å². The Morgan fingerprint density at radius 1 is 1.37 bits per heavy atom. The molecule has 2 aliphatic heterocycles. The lowest BCUT2D eigenvalue weighted by Crippen LogP contribution is -2.71. The molecule has 2 aliphatic rings. The van der Waals surface area contributed by atoms with Crippen LogP contribution < -0.4 is 4.84 Å². The minimum atomic E-state index is -1.18. The van der Waals surface area contributed by atoms with Crippen LogP contribution in [-0.4, -0.2) is 63.1 Å². The molecule has 2 heterocycles. The molecular formula is C17H18N2O6S2. The second-order valence-electron chi connectivity index (χ2n) is 5.73. The number of aliphatic carboxylic acids is 1. The molecule has 0 spiro atoms. The van der Waals surface area contributed by atoms with E-state index in [1.807, 2.05) is 0 Å². The first-order valence-corrected chi connectivity index (χ1v) is 10.0. The average molecular weight is 410 g/mol. The van der Waals surface area contributed by atoms with Crippen LogP contribution in [0.4, 0.5) is 0 Å². The summed E-state index contributed by atoms with van der Waals surface area (Å²) in [7, 11) is 1.52. The van der Waals surface area contributed by atoms with Crippen LogP contribution in [0.2, 0.25) is 0 Å². The minimum absolute atomic E-state index is 0.0507. The van der Waals surface area contributed by atoms with Crippen LogP contribution in [0.25, 0.3) is 0 Å². The van der Waals surface area contributed by atoms with Gasteiger partial charge in [-0.2, -0.15) is 5.06 Å². The highest BCUT2D eigenvalue weighted by molar-refractivity contribution is 8.06. The number of rotatable bonds is 7. The molecule has 2 unspecified atom stereocenters. The first-order valence-electron chi connectivity index (χ1n) is 8.01. The quantitative estimate of drug-likeness (QED) is 0.413. The zero-order valence-corrected chi connectivity index (χ0v) is 16.3. The number of hydrogen-bond donors (Lipinski definition) is 1. The summed E-state index contributed by atoms with van der Waals surface area (Å²) >= 11 is 2.64. The van der Waals surface area contributed by atoms with Crippen LogP contribution in [0.5, 0.6) is 5.75 Å². The van der Waals surface area contributed by atoms with Gasteiger partial charge in [0.1, 0.15) is 11.1 Å². The van der Waals surface area contributed by atoms with E-state index in [1.54, 1.807) is 30.3 Å². The predicted octanol–water partition coefficient (Wildman–Crippen LogP) is 1.75. The van der Waals surface area contributed by atoms with Crippen LogP contribution in [0, 0.1) is 0 Å². The van der Waals surface area contributed by atoms with Gasteiger partial charge in [0.2, 0.25) is 0 Å². The lowest BCUT2D eigenvalue weighted by atomic mass is 10.0. The molecule has 0 bridgehead atoms. The number of hydrogen-bond acceptors (Lipinski definition) is 7. The first kappa shape index (κ1) is 19.6. The fourth-order valence-corrected chi connectivity index (χ4v) is 5.15. The Labute approximate surface area is 164 Å². The molecule has 1 saturated heterocycles. The van der Waals surface area contributed by atoms with E-state index in [1.165, 1.54) is 42.5 Å². The smallest absolute Gasteiger partial charge is 0.353 e. The van der Waals surface area contributed by atoms with Crippen LogP contribution in [-0.2, 0) is 19.1 Å². The molecule has 1 N–H and O–H groups in total. The second kappa shape index (κ2) is 8.24. The van der Waals surface area contributed by atoms with Gasteiger partial charge < -0.3 is 14.7 Å². The molecule has 2 atom stereocenters. The number of carboxylic acid groups (broad SMARTS) is 1. The minimum Gasteiger partial charge on any atom is -0.477 e. The van der Waals surface area contributed by atoms with Crippen LogP contribution in [0.15, 0.2) is 40.9 Å². The third-order valence-electron chi connectivity index (χ3n) is 3.97. The van der Waals surface area contributed by atoms with Gasteiger partial charge >= 0.3 is 5.97 Å². The number of para-hydroxylation sites is 1. The number of benzene rings is 1. The van der Waals surface area contributed by atoms with Crippen molar-refractivity contribution in [1.29, 1.82) is 0 Å². The summed E-state index contributed by atoms with van der Waals surface area (Å²) in [4.78, 5) is 44.0. The van der Waals surface area contributed by atoms with Crippen LogP contribution in [0.1, 0.15) is 6.92 Å². The molecule has 27 heavy (non-hydrogen) atoms. The molecule has 8 nitrogen and oxygen atoms in total. The van der Waals surface area contributed by atoms with Crippen LogP contribution in [0.3, 0.4) is 0 Å². The van der Waals surface area contributed by atoms with E-state index in [9.17, 15) is 19.5 Å². The number of amides is 2. The molecule has 0 saturated carbocycles. The molecule has 0 aliphatic carbocycles. The van der Waals surface area contributed by atoms with Crippen molar-refractivity contribution in [1.82, 2.24) is 9.96 Å². The fourth-order valence-electron chi connectivity index (χ4n) is 2.81. The maximum atomic E-state index is 12.8. The molecule has 0 aromatic heterocycles. The van der Waals surface area contributed by atoms with E-state index in [0.717, 1.165) is 5.06 Å². The Kier molecular flexibility index (Phi) is 5.98. The monoisotopic (exact) mass is 410 g/mol. The number of carboxylic acids is 1. The molecule has 2 amide bonds. The van der Waals surface area contributed by atoms with E-state index in [2.05, 4.69) is 0 Å². The highest BCUT2D eigenvalue weighted by Gasteiger charge is 2.58. The van der Waals surface area contributed by atoms with Gasteiger partial charge in [-0.25, -0.2) is 4.79 Å². The zero-order chi connectivity index (χ0) is 19.6. The summed E-state index contributed by atoms with van der Waals surface area (Å²) in [6.45, 7) is 1.31. The van der Waals surface area contributed by atoms with Crippen molar-refractivity contribution in [2.24, 2.45) is 0 Å². The fraction of sp³-hybridized carbons (Fsp3) is 0.353. The number of thioether (sulfide) groups is 2. The zero-order valence-electron chi connectivity index (χ0n) is 14.7. The maximum Gasteiger partial charge on any atom is 0.353 e. The highest BCUT2D eigenvalue weighted by atomic mass is 32.2. The standard InChI is InChI=1S/C17H18N2O6S2/c1-10(20)19(25-11-6-4-3-5-7-11)14-15(21)18-13(17(22)23)12(27-9-24-2)8-26-16(14)18/h3-7,14,16H,8-9H2,1-2H3,(H,22,23). The van der Waals surface area contributed by atoms with Crippen molar-refractivity contribution in [3.63, 3.8) is 0 Å². The van der Waals surface area contributed by atoms with Crippen molar-refractivity contribution < 1.29 is 29.1 Å². The largest absolute Gasteiger partial charge is 0.477 e. The number of hydroxylamine groups is 2. The second-order valence-corrected chi connectivity index (χ2v) is 7.85. The van der Waals surface area contributed by atoms with Crippen LogP contribution >= 0.6 is 23.5 Å². The van der Waals surface area contributed by atoms with Gasteiger partial charge in [-0.1, -0.05) is 30.0 Å². The van der Waals surface area contributed by atoms with E-state index < -0.39 is 29.2 Å². The Hall–Kier alpha value is -2.17. The summed E-state index contributed by atoms with van der Waals surface area (Å²) in [6, 6.07) is 7.78. The van der Waals surface area contributed by atoms with E-state index in [0.29, 0.717) is 22.3 Å². The molecule has 10 heteroatoms. The van der Waals surface area contributed by atoms with Gasteiger partial charge in [-0.15, -0.1) is 11.8 Å². The van der Waals surface area contributed by atoms with Gasteiger partial charge in [0, 0.05) is 24.7 Å². The molecule has 144 valence electrons. The first-order chi connectivity index (χ1) is 13.0. The Morgan fingerprint density at radius 2 is 2.07 bits per heavy atom. The van der Waals surface area contributed by atoms with E-state index in [-0.39, 0.29) is 5.70 Å². The highest BCUT2D eigenvalue weighted by Crippen LogP contribution is 2.45. The summed E-state index contributed by atoms with van der Waals surface area (Å²) < 4.78 is 4.99. The molecular weight excluding hydrogens is 392 g/mol. The number of methoxy groups -OCH3 is 1. The molecule has 0 radical (unpaired) electrons. The summed E-state index contributed by atoms with van der Waals surface area (Å²) in [5, 5.41) is 10.1. The van der Waals surface area contributed by atoms with Gasteiger partial charge in [-0.05, 0) is 12.1 Å². The maximum absolute atomic E-state index is 12.8. The molecule has 1 aromatic carbocycles. The predicted molar refractivity (Wildman–Crippen MR) is 101 cm³/mol. The van der Waals surface area contributed by atoms with Gasteiger partial charge in [0.05, 0.1) is 5.94 Å². The number of β-lactam (4-membered cyclic amide) rings is 1. The SMILES string of the molecule is COCSC1=C(C(=O)O)N2C(=O)C(N(Oc3ccccc3)C(C)=O)C2SC1. The molecule has 3 rings (SSSR count). The third kappa shape index (κ3) is 3.78. The number of nitrogens with zero attached hydrogens (tertiary/aromatic N) is 2. The molecule has 1 fully saturated rings. The van der Waals surface area contributed by atoms with Crippen molar-refractivity contribution in [2.45, 2.75) is 18.3 Å². The summed E-state index contributed by atoms with van der Waals surface area (Å²) in [5.41, 5.74) is -0.0507. The van der Waals surface area contributed by atoms with Gasteiger partial charge in [0.25, 0.3) is 11.8 Å². The van der Waals surface area contributed by atoms with E-state index in [4.69, 9.17) is 9.57 Å². The lowest BCUT2D eigenvalue weighted by molar-refractivity contribution is -0.187. The van der Waals surface area contributed by atoms with Gasteiger partial charge in [0.15, 0.2) is 11.8 Å². The summed E-state index contributed by atoms with van der Waals surface area (Å²) in [5.74, 6) is -0.963. The average Bonchev–Trinajstić information content (AvgIpc) is 2.65. The third-order valence-corrected chi connectivity index (χ3v) is 6.46. The number of ether oxygens (including phenoxy) is 1. The number of fused-ring (bicyclic) bond motifs is 1. The summed E-state index contributed by atoms with van der Waals surface area (Å²) in [6.07, 6.45) is 0. The normalized spacial score (nSPS) is 21.4. The number of carbonyl (C=O) groups excluding carboxylic acids is 2. The Bertz CT molecular complexity index is 785. The Balaban J connectivity index is 1.84. The van der Waals surface area contributed by atoms with Crippen molar-refractivity contribution in [3.05, 3.63) is 40.9 Å².